The molecule has 0 bridgehead atoms. The Kier molecular flexibility index (Phi) is 3.65. The second kappa shape index (κ2) is 5.00. The highest BCUT2D eigenvalue weighted by Gasteiger charge is 2.03. The van der Waals surface area contributed by atoms with E-state index in [0.717, 1.165) is 5.56 Å². The van der Waals surface area contributed by atoms with Crippen LogP contribution in [0.2, 0.25) is 0 Å². The van der Waals surface area contributed by atoms with Gasteiger partial charge in [0.2, 0.25) is 0 Å². The number of rotatable bonds is 3. The lowest BCUT2D eigenvalue weighted by Crippen LogP contribution is -2.03. The zero-order chi connectivity index (χ0) is 10.4. The topological polar surface area (TPSA) is 43.4 Å². The van der Waals surface area contributed by atoms with Crippen LogP contribution >= 0.6 is 0 Å². The maximum absolute atomic E-state index is 10.7. The number of hydrogen-bond donors (Lipinski definition) is 0. The van der Waals surface area contributed by atoms with Crippen molar-refractivity contribution >= 4 is 11.9 Å². The first kappa shape index (κ1) is 10.2. The van der Waals surface area contributed by atoms with Crippen LogP contribution in [-0.2, 0) is 16.0 Å². The summed E-state index contributed by atoms with van der Waals surface area (Å²) in [5, 5.41) is 0. The van der Waals surface area contributed by atoms with Crippen molar-refractivity contribution < 1.29 is 14.3 Å². The number of hydrogen-bond acceptors (Lipinski definition) is 3. The predicted octanol–water partition coefficient (Wildman–Crippen LogP) is 1.54. The van der Waals surface area contributed by atoms with Crippen molar-refractivity contribution in [2.24, 2.45) is 0 Å². The smallest absolute Gasteiger partial charge is 0.308 e. The molecular formula is C11H10O3. The second-order valence-electron chi connectivity index (χ2n) is 2.73. The molecule has 0 aliphatic carbocycles. The molecule has 0 saturated heterocycles. The third-order valence-electron chi connectivity index (χ3n) is 1.63. The van der Waals surface area contributed by atoms with Gasteiger partial charge in [-0.25, -0.2) is 4.79 Å². The maximum Gasteiger partial charge on any atom is 0.308 e. The molecule has 0 heterocycles. The minimum atomic E-state index is -0.368. The van der Waals surface area contributed by atoms with E-state index in [1.165, 1.54) is 13.0 Å². The normalized spacial score (nSPS) is 8.93. The monoisotopic (exact) mass is 190 g/mol. The van der Waals surface area contributed by atoms with Crippen LogP contribution in [0.1, 0.15) is 12.5 Å². The third-order valence-corrected chi connectivity index (χ3v) is 1.63. The highest BCUT2D eigenvalue weighted by atomic mass is 16.5. The number of para-hydroxylation sites is 1. The highest BCUT2D eigenvalue weighted by Crippen LogP contribution is 2.18. The number of carbonyl (C=O) groups excluding carboxylic acids is 2. The Morgan fingerprint density at radius 2 is 2.21 bits per heavy atom. The van der Waals surface area contributed by atoms with Gasteiger partial charge in [0.25, 0.3) is 0 Å². The average molecular weight is 190 g/mol. The fourth-order valence-electron chi connectivity index (χ4n) is 1.08. The van der Waals surface area contributed by atoms with Crippen LogP contribution < -0.4 is 4.74 Å². The molecule has 0 spiro atoms. The molecule has 0 aliphatic heterocycles. The summed E-state index contributed by atoms with van der Waals surface area (Å²) in [6.07, 6.45) is 1.77. The van der Waals surface area contributed by atoms with Crippen molar-refractivity contribution in [2.75, 3.05) is 0 Å². The average Bonchev–Trinajstić information content (AvgIpc) is 2.16. The van der Waals surface area contributed by atoms with Gasteiger partial charge in [-0.05, 0) is 11.6 Å². The Morgan fingerprint density at radius 1 is 1.50 bits per heavy atom. The molecule has 1 aromatic carbocycles. The molecule has 0 aromatic heterocycles. The minimum absolute atomic E-state index is 0.368. The molecule has 72 valence electrons. The molecule has 0 saturated carbocycles. The Balaban J connectivity index is 2.90. The van der Waals surface area contributed by atoms with E-state index in [4.69, 9.17) is 4.74 Å². The summed E-state index contributed by atoms with van der Waals surface area (Å²) in [5.74, 6) is 1.81. The van der Waals surface area contributed by atoms with Gasteiger partial charge in [0.1, 0.15) is 11.7 Å². The fourth-order valence-corrected chi connectivity index (χ4v) is 1.08. The Morgan fingerprint density at radius 3 is 2.86 bits per heavy atom. The molecule has 14 heavy (non-hydrogen) atoms. The molecule has 0 amide bonds. The molecule has 0 aliphatic rings. The van der Waals surface area contributed by atoms with Crippen molar-refractivity contribution in [2.45, 2.75) is 13.3 Å². The minimum Gasteiger partial charge on any atom is -0.426 e. The van der Waals surface area contributed by atoms with Crippen LogP contribution in [0.3, 0.4) is 0 Å². The van der Waals surface area contributed by atoms with E-state index in [2.05, 4.69) is 0 Å². The first-order chi connectivity index (χ1) is 6.74. The van der Waals surface area contributed by atoms with Gasteiger partial charge < -0.3 is 4.74 Å². The number of esters is 1. The molecule has 0 atom stereocenters. The Bertz CT molecular complexity index is 353. The van der Waals surface area contributed by atoms with Gasteiger partial charge in [0, 0.05) is 19.4 Å². The Labute approximate surface area is 82.0 Å². The van der Waals surface area contributed by atoms with E-state index in [-0.39, 0.29) is 5.97 Å². The lowest BCUT2D eigenvalue weighted by Gasteiger charge is -2.05. The molecule has 1 aromatic rings. The molecule has 3 heteroatoms. The summed E-state index contributed by atoms with van der Waals surface area (Å²) in [6, 6.07) is 7.08. The molecule has 0 fully saturated rings. The number of carbonyl (C=O) groups is 1. The lowest BCUT2D eigenvalue weighted by molar-refractivity contribution is -0.131. The third kappa shape index (κ3) is 2.88. The van der Waals surface area contributed by atoms with Crippen molar-refractivity contribution in [1.29, 1.82) is 0 Å². The van der Waals surface area contributed by atoms with E-state index in [9.17, 15) is 9.59 Å². The van der Waals surface area contributed by atoms with Gasteiger partial charge in [-0.15, -0.1) is 0 Å². The van der Waals surface area contributed by atoms with Crippen molar-refractivity contribution in [3.05, 3.63) is 35.9 Å². The number of ether oxygens (including phenoxy) is 1. The van der Waals surface area contributed by atoms with Crippen molar-refractivity contribution in [3.8, 4) is 5.75 Å². The van der Waals surface area contributed by atoms with Gasteiger partial charge in [0.15, 0.2) is 0 Å². The van der Waals surface area contributed by atoms with E-state index in [0.29, 0.717) is 12.2 Å². The van der Waals surface area contributed by atoms with Crippen LogP contribution in [0.25, 0.3) is 0 Å². The quantitative estimate of drug-likeness (QED) is 0.412. The van der Waals surface area contributed by atoms with Crippen LogP contribution in [0.15, 0.2) is 30.3 Å². The summed E-state index contributed by atoms with van der Waals surface area (Å²) in [4.78, 5) is 20.8. The zero-order valence-corrected chi connectivity index (χ0v) is 7.82. The van der Waals surface area contributed by atoms with E-state index >= 15 is 0 Å². The second-order valence-corrected chi connectivity index (χ2v) is 2.73. The largest absolute Gasteiger partial charge is 0.426 e. The van der Waals surface area contributed by atoms with Crippen molar-refractivity contribution in [3.63, 3.8) is 0 Å². The molecule has 1 rings (SSSR count). The lowest BCUT2D eigenvalue weighted by atomic mass is 10.1. The molecule has 0 N–H and O–H groups in total. The first-order valence-electron chi connectivity index (χ1n) is 4.19. The van der Waals surface area contributed by atoms with Gasteiger partial charge in [-0.1, -0.05) is 18.2 Å². The van der Waals surface area contributed by atoms with Crippen LogP contribution in [0, 0.1) is 0 Å². The summed E-state index contributed by atoms with van der Waals surface area (Å²) in [5.41, 5.74) is 0.797. The van der Waals surface area contributed by atoms with Gasteiger partial charge in [0.05, 0.1) is 0 Å². The molecule has 0 radical (unpaired) electrons. The fraction of sp³-hybridized carbons (Fsp3) is 0.182. The zero-order valence-electron chi connectivity index (χ0n) is 7.82. The van der Waals surface area contributed by atoms with Crippen LogP contribution in [0.5, 0.6) is 5.75 Å². The van der Waals surface area contributed by atoms with E-state index in [1.54, 1.807) is 24.1 Å². The van der Waals surface area contributed by atoms with Crippen molar-refractivity contribution in [1.82, 2.24) is 0 Å². The maximum atomic E-state index is 10.7. The van der Waals surface area contributed by atoms with Crippen LogP contribution in [-0.4, -0.2) is 11.9 Å². The summed E-state index contributed by atoms with van der Waals surface area (Å²) >= 11 is 0. The highest BCUT2D eigenvalue weighted by molar-refractivity contribution is 5.69. The number of allylic oxidation sites excluding steroid dienone is 1. The standard InChI is InChI=1S/C11H10O3/c1-9(13)14-11-7-3-2-5-10(11)6-4-8-12/h2-5,7H,6H2,1H3. The SMILES string of the molecule is CC(=O)Oc1ccccc1CC=C=O. The Hall–Kier alpha value is -1.86. The summed E-state index contributed by atoms with van der Waals surface area (Å²) < 4.78 is 4.95. The van der Waals surface area contributed by atoms with Crippen LogP contribution in [0.4, 0.5) is 0 Å². The van der Waals surface area contributed by atoms with E-state index in [1.807, 2.05) is 6.07 Å². The number of benzene rings is 1. The molecule has 3 nitrogen and oxygen atoms in total. The van der Waals surface area contributed by atoms with Gasteiger partial charge in [-0.3, -0.25) is 4.79 Å². The first-order valence-corrected chi connectivity index (χ1v) is 4.19. The summed E-state index contributed by atoms with van der Waals surface area (Å²) in [7, 11) is 0. The molecular weight excluding hydrogens is 180 g/mol. The summed E-state index contributed by atoms with van der Waals surface area (Å²) in [6.45, 7) is 1.34. The van der Waals surface area contributed by atoms with Gasteiger partial charge in [-0.2, -0.15) is 0 Å². The predicted molar refractivity (Wildman–Crippen MR) is 51.7 cm³/mol. The molecule has 0 unspecified atom stereocenters. The van der Waals surface area contributed by atoms with Gasteiger partial charge >= 0.3 is 5.97 Å². The van der Waals surface area contributed by atoms with E-state index < -0.39 is 0 Å².